The third kappa shape index (κ3) is 4.92. The molecule has 0 saturated carbocycles. The number of aryl methyl sites for hydroxylation is 2. The minimum absolute atomic E-state index is 0.00612. The second-order valence-corrected chi connectivity index (χ2v) is 8.30. The smallest absolute Gasteiger partial charge is 0.322 e. The van der Waals surface area contributed by atoms with Crippen LogP contribution in [0.5, 0.6) is 0 Å². The molecule has 0 aliphatic carbocycles. The van der Waals surface area contributed by atoms with Crippen LogP contribution in [0.25, 0.3) is 11.3 Å². The Kier molecular flexibility index (Phi) is 5.97. The van der Waals surface area contributed by atoms with Crippen LogP contribution in [0, 0.1) is 25.7 Å². The zero-order chi connectivity index (χ0) is 26.2. The summed E-state index contributed by atoms with van der Waals surface area (Å²) >= 11 is 0. The molecule has 0 aliphatic rings. The average Bonchev–Trinajstić information content (AvgIpc) is 3.48. The minimum atomic E-state index is -4.60. The molecule has 0 unspecified atom stereocenters. The summed E-state index contributed by atoms with van der Waals surface area (Å²) in [6.07, 6.45) is 1.63. The summed E-state index contributed by atoms with van der Waals surface area (Å²) in [6.45, 7) is 3.53. The van der Waals surface area contributed by atoms with Gasteiger partial charge in [0, 0.05) is 35.5 Å². The maximum absolute atomic E-state index is 13.6. The Morgan fingerprint density at radius 1 is 1.00 bits per heavy atom. The van der Waals surface area contributed by atoms with E-state index in [2.05, 4.69) is 32.2 Å². The number of hydrogen-bond donors (Lipinski definition) is 1. The van der Waals surface area contributed by atoms with Crippen LogP contribution in [-0.4, -0.2) is 30.1 Å². The summed E-state index contributed by atoms with van der Waals surface area (Å²) in [5.41, 5.74) is 1.99. The number of nitrogens with zero attached hydrogens (tertiary/aromatic N) is 5. The van der Waals surface area contributed by atoms with Crippen LogP contribution in [0.1, 0.15) is 38.6 Å². The topological polar surface area (TPSA) is 77.1 Å². The molecule has 0 spiro atoms. The molecule has 0 radical (unpaired) electrons. The molecule has 0 aliphatic heterocycles. The molecule has 5 aromatic rings. The highest BCUT2D eigenvalue weighted by Crippen LogP contribution is 2.33. The van der Waals surface area contributed by atoms with Gasteiger partial charge in [-0.05, 0) is 67.8 Å². The van der Waals surface area contributed by atoms with Gasteiger partial charge in [0.1, 0.15) is 11.5 Å². The van der Waals surface area contributed by atoms with Gasteiger partial charge in [-0.15, -0.1) is 0 Å². The average molecular weight is 500 g/mol. The van der Waals surface area contributed by atoms with Crippen molar-refractivity contribution in [3.63, 3.8) is 0 Å². The molecular formula is C27H19F3N6O. The second kappa shape index (κ2) is 9.28. The van der Waals surface area contributed by atoms with Gasteiger partial charge < -0.3 is 9.88 Å². The van der Waals surface area contributed by atoms with Crippen molar-refractivity contribution in [3.05, 3.63) is 107 Å². The number of carbonyl (C=O) groups is 1. The lowest BCUT2D eigenvalue weighted by atomic mass is 10.0. The van der Waals surface area contributed by atoms with Gasteiger partial charge in [0.15, 0.2) is 5.65 Å². The van der Waals surface area contributed by atoms with Crippen molar-refractivity contribution in [1.82, 2.24) is 24.1 Å². The first-order valence-corrected chi connectivity index (χ1v) is 11.1. The van der Waals surface area contributed by atoms with E-state index in [0.29, 0.717) is 22.7 Å². The number of rotatable bonds is 3. The lowest BCUT2D eigenvalue weighted by Gasteiger charge is -2.15. The van der Waals surface area contributed by atoms with Gasteiger partial charge in [0.05, 0.1) is 17.3 Å². The van der Waals surface area contributed by atoms with Crippen LogP contribution in [0.4, 0.5) is 18.9 Å². The van der Waals surface area contributed by atoms with E-state index in [9.17, 15) is 18.0 Å². The number of alkyl halides is 3. The standard InChI is InChI=1S/C27H19F3N6O/c1-17-5-8-24(19(12-17)6-7-22-16-32-25-4-3-9-33-36(22)25)26(37)34-21-13-20(27(28,29)30)14-23(15-21)35-11-10-31-18(35)2/h3-5,8-16H,1-2H3,(H,34,37). The molecule has 0 atom stereocenters. The van der Waals surface area contributed by atoms with Crippen LogP contribution in [0.15, 0.2) is 73.3 Å². The number of benzene rings is 2. The van der Waals surface area contributed by atoms with E-state index in [0.717, 1.165) is 17.7 Å². The summed E-state index contributed by atoms with van der Waals surface area (Å²) < 4.78 is 44.0. The van der Waals surface area contributed by atoms with E-state index in [-0.39, 0.29) is 16.9 Å². The number of imidazole rings is 2. The largest absolute Gasteiger partial charge is 0.416 e. The quantitative estimate of drug-likeness (QED) is 0.346. The predicted octanol–water partition coefficient (Wildman–Crippen LogP) is 5.20. The summed E-state index contributed by atoms with van der Waals surface area (Å²) in [6, 6.07) is 12.0. The van der Waals surface area contributed by atoms with Crippen molar-refractivity contribution in [1.29, 1.82) is 0 Å². The lowest BCUT2D eigenvalue weighted by Crippen LogP contribution is -2.15. The Hall–Kier alpha value is -4.91. The number of aromatic nitrogens is 5. The molecule has 37 heavy (non-hydrogen) atoms. The highest BCUT2D eigenvalue weighted by atomic mass is 19.4. The monoisotopic (exact) mass is 500 g/mol. The zero-order valence-corrected chi connectivity index (χ0v) is 19.7. The van der Waals surface area contributed by atoms with Crippen LogP contribution >= 0.6 is 0 Å². The molecule has 0 saturated heterocycles. The number of amides is 1. The van der Waals surface area contributed by atoms with Crippen LogP contribution in [-0.2, 0) is 6.18 Å². The molecule has 1 N–H and O–H groups in total. The molecule has 184 valence electrons. The molecular weight excluding hydrogens is 481 g/mol. The van der Waals surface area contributed by atoms with Gasteiger partial charge in [-0.2, -0.15) is 18.3 Å². The number of nitrogens with one attached hydrogen (secondary N) is 1. The number of anilines is 1. The van der Waals surface area contributed by atoms with Crippen molar-refractivity contribution in [2.24, 2.45) is 0 Å². The van der Waals surface area contributed by atoms with Crippen LogP contribution in [0.2, 0.25) is 0 Å². The first-order chi connectivity index (χ1) is 17.7. The highest BCUT2D eigenvalue weighted by Gasteiger charge is 2.31. The van der Waals surface area contributed by atoms with Crippen molar-refractivity contribution < 1.29 is 18.0 Å². The first kappa shape index (κ1) is 23.8. The summed E-state index contributed by atoms with van der Waals surface area (Å²) in [5, 5.41) is 6.83. The summed E-state index contributed by atoms with van der Waals surface area (Å²) in [7, 11) is 0. The molecule has 0 fully saturated rings. The lowest BCUT2D eigenvalue weighted by molar-refractivity contribution is -0.137. The van der Waals surface area contributed by atoms with Gasteiger partial charge in [-0.25, -0.2) is 14.5 Å². The first-order valence-electron chi connectivity index (χ1n) is 11.1. The van der Waals surface area contributed by atoms with Gasteiger partial charge in [0.2, 0.25) is 0 Å². The van der Waals surface area contributed by atoms with E-state index in [4.69, 9.17) is 0 Å². The van der Waals surface area contributed by atoms with E-state index < -0.39 is 17.6 Å². The molecule has 5 rings (SSSR count). The molecule has 0 bridgehead atoms. The van der Waals surface area contributed by atoms with Gasteiger partial charge in [-0.1, -0.05) is 12.0 Å². The van der Waals surface area contributed by atoms with Crippen molar-refractivity contribution in [2.75, 3.05) is 5.32 Å². The Bertz CT molecular complexity index is 1700. The Balaban J connectivity index is 1.51. The number of halogens is 3. The zero-order valence-electron chi connectivity index (χ0n) is 19.7. The maximum Gasteiger partial charge on any atom is 0.416 e. The number of hydrogen-bond acceptors (Lipinski definition) is 4. The minimum Gasteiger partial charge on any atom is -0.322 e. The second-order valence-electron chi connectivity index (χ2n) is 8.30. The maximum atomic E-state index is 13.6. The van der Waals surface area contributed by atoms with Gasteiger partial charge in [-0.3, -0.25) is 4.79 Å². The van der Waals surface area contributed by atoms with Crippen LogP contribution in [0.3, 0.4) is 0 Å². The molecule has 2 aromatic carbocycles. The third-order valence-electron chi connectivity index (χ3n) is 5.63. The number of fused-ring (bicyclic) bond motifs is 1. The molecule has 7 nitrogen and oxygen atoms in total. The molecule has 3 aromatic heterocycles. The van der Waals surface area contributed by atoms with E-state index >= 15 is 0 Å². The van der Waals surface area contributed by atoms with Crippen molar-refractivity contribution >= 4 is 17.2 Å². The Labute approximate surface area is 209 Å². The fourth-order valence-corrected chi connectivity index (χ4v) is 3.84. The van der Waals surface area contributed by atoms with Gasteiger partial charge in [0.25, 0.3) is 5.91 Å². The normalized spacial score (nSPS) is 11.3. The van der Waals surface area contributed by atoms with Crippen molar-refractivity contribution in [2.45, 2.75) is 20.0 Å². The summed E-state index contributed by atoms with van der Waals surface area (Å²) in [4.78, 5) is 21.6. The Morgan fingerprint density at radius 2 is 1.84 bits per heavy atom. The van der Waals surface area contributed by atoms with E-state index in [1.165, 1.54) is 16.8 Å². The highest BCUT2D eigenvalue weighted by molar-refractivity contribution is 6.06. The third-order valence-corrected chi connectivity index (χ3v) is 5.63. The summed E-state index contributed by atoms with van der Waals surface area (Å²) in [5.74, 6) is 5.89. The fraction of sp³-hybridized carbons (Fsp3) is 0.111. The Morgan fingerprint density at radius 3 is 2.59 bits per heavy atom. The molecule has 1 amide bonds. The van der Waals surface area contributed by atoms with E-state index in [1.807, 2.05) is 6.92 Å². The molecule has 10 heteroatoms. The number of carbonyl (C=O) groups excluding carboxylic acids is 1. The molecule has 3 heterocycles. The van der Waals surface area contributed by atoms with E-state index in [1.54, 1.807) is 60.4 Å². The van der Waals surface area contributed by atoms with Crippen molar-refractivity contribution in [3.8, 4) is 17.5 Å². The van der Waals surface area contributed by atoms with Crippen LogP contribution < -0.4 is 5.32 Å². The SMILES string of the molecule is Cc1ccc(C(=O)Nc2cc(-n3ccnc3C)cc(C(F)(F)F)c2)c(C#Cc2cnc3cccnn23)c1. The fourth-order valence-electron chi connectivity index (χ4n) is 3.84. The van der Waals surface area contributed by atoms with Gasteiger partial charge >= 0.3 is 6.18 Å². The predicted molar refractivity (Wildman–Crippen MR) is 131 cm³/mol.